The van der Waals surface area contributed by atoms with Gasteiger partial charge in [-0.05, 0) is 30.9 Å². The van der Waals surface area contributed by atoms with Gasteiger partial charge in [0, 0.05) is 12.3 Å². The molecule has 1 saturated carbocycles. The summed E-state index contributed by atoms with van der Waals surface area (Å²) in [5.41, 5.74) is 6.94. The Morgan fingerprint density at radius 2 is 2.00 bits per heavy atom. The molecule has 2 N–H and O–H groups in total. The van der Waals surface area contributed by atoms with Crippen LogP contribution in [0.2, 0.25) is 0 Å². The first-order valence-corrected chi connectivity index (χ1v) is 7.27. The zero-order valence-electron chi connectivity index (χ0n) is 10.2. The minimum Gasteiger partial charge on any atom is -0.330 e. The Bertz CT molecular complexity index is 509. The molecule has 18 heavy (non-hydrogen) atoms. The summed E-state index contributed by atoms with van der Waals surface area (Å²) < 4.78 is 0. The molecule has 1 aliphatic rings. The van der Waals surface area contributed by atoms with E-state index in [-0.39, 0.29) is 0 Å². The number of hydrogen-bond donors (Lipinski definition) is 1. The summed E-state index contributed by atoms with van der Waals surface area (Å²) in [4.78, 5) is 0. The van der Waals surface area contributed by atoms with Crippen LogP contribution in [0.25, 0.3) is 0 Å². The van der Waals surface area contributed by atoms with Crippen molar-refractivity contribution >= 4 is 11.3 Å². The Balaban J connectivity index is 1.65. The third kappa shape index (κ3) is 2.44. The quantitative estimate of drug-likeness (QED) is 0.898. The van der Waals surface area contributed by atoms with Gasteiger partial charge in [0.15, 0.2) is 0 Å². The van der Waals surface area contributed by atoms with Crippen molar-refractivity contribution in [2.75, 3.05) is 6.54 Å². The van der Waals surface area contributed by atoms with E-state index in [0.717, 1.165) is 24.4 Å². The molecule has 0 bridgehead atoms. The average Bonchev–Trinajstić information content (AvgIpc) is 3.09. The lowest BCUT2D eigenvalue weighted by Crippen LogP contribution is -1.99. The lowest BCUT2D eigenvalue weighted by molar-refractivity contribution is 0.807. The second kappa shape index (κ2) is 5.16. The van der Waals surface area contributed by atoms with E-state index in [1.165, 1.54) is 17.0 Å². The van der Waals surface area contributed by atoms with Crippen molar-refractivity contribution in [1.29, 1.82) is 0 Å². The molecule has 0 aliphatic heterocycles. The fourth-order valence-electron chi connectivity index (χ4n) is 2.31. The first-order chi connectivity index (χ1) is 8.88. The number of nitrogens with zero attached hydrogens (tertiary/aromatic N) is 2. The summed E-state index contributed by atoms with van der Waals surface area (Å²) in [6, 6.07) is 10.7. The van der Waals surface area contributed by atoms with Gasteiger partial charge in [0.1, 0.15) is 10.0 Å². The summed E-state index contributed by atoms with van der Waals surface area (Å²) in [6.45, 7) is 0.727. The molecule has 0 spiro atoms. The van der Waals surface area contributed by atoms with Crippen LogP contribution in [0.15, 0.2) is 30.3 Å². The number of aryl methyl sites for hydroxylation is 1. The van der Waals surface area contributed by atoms with E-state index < -0.39 is 0 Å². The third-order valence-electron chi connectivity index (χ3n) is 3.41. The average molecular weight is 259 g/mol. The molecule has 3 rings (SSSR count). The molecule has 0 radical (unpaired) electrons. The molecule has 4 heteroatoms. The summed E-state index contributed by atoms with van der Waals surface area (Å²) in [6.07, 6.45) is 3.19. The number of benzene rings is 1. The Kier molecular flexibility index (Phi) is 3.39. The van der Waals surface area contributed by atoms with Crippen LogP contribution in [0.5, 0.6) is 0 Å². The minimum absolute atomic E-state index is 0.594. The predicted molar refractivity (Wildman–Crippen MR) is 73.8 cm³/mol. The molecule has 0 saturated heterocycles. The minimum atomic E-state index is 0.594. The molecular weight excluding hydrogens is 242 g/mol. The van der Waals surface area contributed by atoms with Crippen molar-refractivity contribution in [2.24, 2.45) is 5.73 Å². The molecule has 0 amide bonds. The molecule has 2 unspecified atom stereocenters. The highest BCUT2D eigenvalue weighted by Gasteiger charge is 2.41. The van der Waals surface area contributed by atoms with Crippen LogP contribution in [-0.2, 0) is 6.42 Å². The molecule has 2 aromatic rings. The highest BCUT2D eigenvalue weighted by molar-refractivity contribution is 7.11. The summed E-state index contributed by atoms with van der Waals surface area (Å²) >= 11 is 1.76. The molecule has 1 aliphatic carbocycles. The van der Waals surface area contributed by atoms with E-state index in [2.05, 4.69) is 40.5 Å². The smallest absolute Gasteiger partial charge is 0.121 e. The van der Waals surface area contributed by atoms with Crippen molar-refractivity contribution in [3.05, 3.63) is 45.9 Å². The van der Waals surface area contributed by atoms with E-state index in [0.29, 0.717) is 11.8 Å². The highest BCUT2D eigenvalue weighted by Crippen LogP contribution is 2.55. The Morgan fingerprint density at radius 3 is 2.78 bits per heavy atom. The molecule has 1 heterocycles. The predicted octanol–water partition coefficient (Wildman–Crippen LogP) is 2.70. The van der Waals surface area contributed by atoms with E-state index in [1.807, 2.05) is 0 Å². The largest absolute Gasteiger partial charge is 0.330 e. The maximum atomic E-state index is 5.51. The van der Waals surface area contributed by atoms with Gasteiger partial charge in [-0.3, -0.25) is 0 Å². The van der Waals surface area contributed by atoms with E-state index >= 15 is 0 Å². The van der Waals surface area contributed by atoms with Gasteiger partial charge in [-0.15, -0.1) is 21.5 Å². The highest BCUT2D eigenvalue weighted by atomic mass is 32.1. The van der Waals surface area contributed by atoms with Crippen LogP contribution in [0.1, 0.15) is 40.3 Å². The van der Waals surface area contributed by atoms with Crippen LogP contribution in [0.3, 0.4) is 0 Å². The summed E-state index contributed by atoms with van der Waals surface area (Å²) in [5.74, 6) is 1.25. The van der Waals surface area contributed by atoms with Gasteiger partial charge >= 0.3 is 0 Å². The number of hydrogen-bond acceptors (Lipinski definition) is 4. The Labute approximate surface area is 111 Å². The van der Waals surface area contributed by atoms with Crippen LogP contribution in [0, 0.1) is 0 Å². The lowest BCUT2D eigenvalue weighted by Gasteiger charge is -1.96. The van der Waals surface area contributed by atoms with E-state index in [4.69, 9.17) is 5.73 Å². The van der Waals surface area contributed by atoms with E-state index in [9.17, 15) is 0 Å². The lowest BCUT2D eigenvalue weighted by atomic mass is 10.1. The van der Waals surface area contributed by atoms with Crippen LogP contribution < -0.4 is 5.73 Å². The summed E-state index contributed by atoms with van der Waals surface area (Å²) in [7, 11) is 0. The van der Waals surface area contributed by atoms with Gasteiger partial charge in [-0.1, -0.05) is 30.3 Å². The molecular formula is C14H17N3S. The van der Waals surface area contributed by atoms with Crippen LogP contribution >= 0.6 is 11.3 Å². The van der Waals surface area contributed by atoms with Crippen molar-refractivity contribution in [3.8, 4) is 0 Å². The maximum Gasteiger partial charge on any atom is 0.121 e. The van der Waals surface area contributed by atoms with Crippen LogP contribution in [0.4, 0.5) is 0 Å². The zero-order chi connectivity index (χ0) is 12.4. The van der Waals surface area contributed by atoms with Gasteiger partial charge in [-0.25, -0.2) is 0 Å². The van der Waals surface area contributed by atoms with Gasteiger partial charge in [0.05, 0.1) is 0 Å². The fraction of sp³-hybridized carbons (Fsp3) is 0.429. The maximum absolute atomic E-state index is 5.51. The van der Waals surface area contributed by atoms with Crippen molar-refractivity contribution < 1.29 is 0 Å². The molecule has 3 nitrogen and oxygen atoms in total. The van der Waals surface area contributed by atoms with Gasteiger partial charge in [0.2, 0.25) is 0 Å². The van der Waals surface area contributed by atoms with E-state index in [1.54, 1.807) is 11.3 Å². The molecule has 1 fully saturated rings. The van der Waals surface area contributed by atoms with Crippen molar-refractivity contribution in [1.82, 2.24) is 10.2 Å². The Morgan fingerprint density at radius 1 is 1.17 bits per heavy atom. The first kappa shape index (κ1) is 11.8. The zero-order valence-corrected chi connectivity index (χ0v) is 11.1. The number of nitrogens with two attached hydrogens (primary N) is 1. The summed E-state index contributed by atoms with van der Waals surface area (Å²) in [5, 5.41) is 10.9. The topological polar surface area (TPSA) is 51.8 Å². The van der Waals surface area contributed by atoms with Crippen molar-refractivity contribution in [3.63, 3.8) is 0 Å². The fourth-order valence-corrected chi connectivity index (χ4v) is 3.37. The first-order valence-electron chi connectivity index (χ1n) is 6.46. The van der Waals surface area contributed by atoms with Crippen molar-refractivity contribution in [2.45, 2.75) is 31.1 Å². The van der Waals surface area contributed by atoms with Crippen LogP contribution in [-0.4, -0.2) is 16.7 Å². The monoisotopic (exact) mass is 259 g/mol. The number of rotatable bonds is 5. The molecule has 94 valence electrons. The SMILES string of the molecule is NCCCc1nnc(C2CC2c2ccccc2)s1. The second-order valence-electron chi connectivity index (χ2n) is 4.79. The molecule has 1 aromatic carbocycles. The van der Waals surface area contributed by atoms with Gasteiger partial charge < -0.3 is 5.73 Å². The molecule has 2 atom stereocenters. The standard InChI is InChI=1S/C14H17N3S/c15-8-4-7-13-16-17-14(18-13)12-9-11(12)10-5-2-1-3-6-10/h1-3,5-6,11-12H,4,7-9,15H2. The second-order valence-corrected chi connectivity index (χ2v) is 5.88. The third-order valence-corrected chi connectivity index (χ3v) is 4.53. The normalized spacial score (nSPS) is 22.1. The van der Waals surface area contributed by atoms with Gasteiger partial charge in [0.25, 0.3) is 0 Å². The Hall–Kier alpha value is -1.26. The number of aromatic nitrogens is 2. The van der Waals surface area contributed by atoms with Gasteiger partial charge in [-0.2, -0.15) is 0 Å². The molecule has 1 aromatic heterocycles.